The van der Waals surface area contributed by atoms with E-state index in [4.69, 9.17) is 20.2 Å². The van der Waals surface area contributed by atoms with E-state index in [-0.39, 0.29) is 6.42 Å². The Bertz CT molecular complexity index is 660. The number of rotatable bonds is 4. The number of benzene rings is 1. The molecular formula is C12H14ClNO5S. The molecule has 0 radical (unpaired) electrons. The van der Waals surface area contributed by atoms with Gasteiger partial charge in [0.05, 0.1) is 26.2 Å². The average molecular weight is 320 g/mol. The molecular weight excluding hydrogens is 306 g/mol. The van der Waals surface area contributed by atoms with Gasteiger partial charge in [-0.25, -0.2) is 4.31 Å². The van der Waals surface area contributed by atoms with E-state index in [1.54, 1.807) is 25.1 Å². The number of carbonyl (C=O) groups excluding carboxylic acids is 1. The predicted octanol–water partition coefficient (Wildman–Crippen LogP) is 1.63. The third-order valence-electron chi connectivity index (χ3n) is 3.38. The first kappa shape index (κ1) is 14.9. The molecule has 0 bridgehead atoms. The van der Waals surface area contributed by atoms with E-state index >= 15 is 0 Å². The van der Waals surface area contributed by atoms with Gasteiger partial charge in [0.2, 0.25) is 5.91 Å². The number of hydrogen-bond donors (Lipinski definition) is 0. The van der Waals surface area contributed by atoms with Crippen LogP contribution in [-0.4, -0.2) is 32.8 Å². The summed E-state index contributed by atoms with van der Waals surface area (Å²) in [5.41, 5.74) is -0.541. The van der Waals surface area contributed by atoms with Crippen molar-refractivity contribution in [2.45, 2.75) is 18.9 Å². The number of hydrogen-bond acceptors (Lipinski definition) is 5. The lowest BCUT2D eigenvalue weighted by molar-refractivity contribution is -0.144. The summed E-state index contributed by atoms with van der Waals surface area (Å²) in [6.07, 6.45) is 0.0302. The minimum Gasteiger partial charge on any atom is -0.497 e. The molecule has 0 aromatic heterocycles. The lowest BCUT2D eigenvalue weighted by Gasteiger charge is -2.47. The van der Waals surface area contributed by atoms with Crippen LogP contribution in [0.25, 0.3) is 0 Å². The Hall–Kier alpha value is -1.47. The highest BCUT2D eigenvalue weighted by Gasteiger charge is 2.55. The fraction of sp³-hybridized carbons (Fsp3) is 0.417. The first-order valence-electron chi connectivity index (χ1n) is 5.74. The van der Waals surface area contributed by atoms with Crippen LogP contribution in [0.4, 0.5) is 0 Å². The number of halogens is 1. The molecule has 0 aliphatic carbocycles. The van der Waals surface area contributed by atoms with Crippen LogP contribution >= 0.6 is 10.7 Å². The zero-order valence-corrected chi connectivity index (χ0v) is 12.8. The maximum Gasteiger partial charge on any atom is 0.324 e. The van der Waals surface area contributed by atoms with Crippen molar-refractivity contribution in [3.8, 4) is 11.5 Å². The van der Waals surface area contributed by atoms with Crippen molar-refractivity contribution in [2.24, 2.45) is 0 Å². The van der Waals surface area contributed by atoms with Gasteiger partial charge in [0.1, 0.15) is 11.5 Å². The van der Waals surface area contributed by atoms with Gasteiger partial charge in [0.15, 0.2) is 0 Å². The number of amides is 1. The molecule has 0 N–H and O–H groups in total. The fourth-order valence-corrected chi connectivity index (χ4v) is 4.06. The van der Waals surface area contributed by atoms with Gasteiger partial charge in [-0.05, 0) is 25.1 Å². The third-order valence-corrected chi connectivity index (χ3v) is 4.83. The van der Waals surface area contributed by atoms with Crippen LogP contribution in [0, 0.1) is 0 Å². The van der Waals surface area contributed by atoms with Gasteiger partial charge in [0.25, 0.3) is 0 Å². The molecule has 20 heavy (non-hydrogen) atoms. The highest BCUT2D eigenvalue weighted by molar-refractivity contribution is 8.12. The lowest BCUT2D eigenvalue weighted by atomic mass is 9.81. The monoisotopic (exact) mass is 319 g/mol. The topological polar surface area (TPSA) is 72.9 Å². The summed E-state index contributed by atoms with van der Waals surface area (Å²) < 4.78 is 34.2. The fourth-order valence-electron chi connectivity index (χ4n) is 2.42. The SMILES string of the molecule is COc1ccc(OC)c(C2(C)CC(=O)N2S(=O)(=O)Cl)c1. The quantitative estimate of drug-likeness (QED) is 0.623. The molecule has 0 saturated carbocycles. The summed E-state index contributed by atoms with van der Waals surface area (Å²) in [6.45, 7) is 1.62. The van der Waals surface area contributed by atoms with Crippen LogP contribution in [-0.2, 0) is 19.6 Å². The number of ether oxygens (including phenoxy) is 2. The van der Waals surface area contributed by atoms with Gasteiger partial charge in [-0.3, -0.25) is 4.79 Å². The van der Waals surface area contributed by atoms with Crippen LogP contribution < -0.4 is 9.47 Å². The van der Waals surface area contributed by atoms with Gasteiger partial charge in [-0.15, -0.1) is 0 Å². The van der Waals surface area contributed by atoms with E-state index in [1.807, 2.05) is 0 Å². The van der Waals surface area contributed by atoms with E-state index in [1.165, 1.54) is 14.2 Å². The van der Waals surface area contributed by atoms with Crippen LogP contribution in [0.5, 0.6) is 11.5 Å². The Morgan fingerprint density at radius 2 is 1.95 bits per heavy atom. The summed E-state index contributed by atoms with van der Waals surface area (Å²) in [5.74, 6) is 0.451. The molecule has 1 heterocycles. The Morgan fingerprint density at radius 1 is 1.30 bits per heavy atom. The zero-order chi connectivity index (χ0) is 15.1. The number of nitrogens with zero attached hydrogens (tertiary/aromatic N) is 1. The molecule has 1 aliphatic rings. The highest BCUT2D eigenvalue weighted by Crippen LogP contribution is 2.48. The molecule has 110 valence electrons. The molecule has 0 spiro atoms. The van der Waals surface area contributed by atoms with Gasteiger partial charge in [-0.2, -0.15) is 8.42 Å². The molecule has 1 saturated heterocycles. The Morgan fingerprint density at radius 3 is 2.40 bits per heavy atom. The summed E-state index contributed by atoms with van der Waals surface area (Å²) in [7, 11) is 4.15. The van der Waals surface area contributed by atoms with E-state index in [9.17, 15) is 13.2 Å². The van der Waals surface area contributed by atoms with Crippen LogP contribution in [0.2, 0.25) is 0 Å². The van der Waals surface area contributed by atoms with E-state index < -0.39 is 20.7 Å². The number of carbonyl (C=O) groups is 1. The van der Waals surface area contributed by atoms with Crippen molar-refractivity contribution in [3.05, 3.63) is 23.8 Å². The third kappa shape index (κ3) is 2.20. The highest BCUT2D eigenvalue weighted by atomic mass is 35.7. The molecule has 1 unspecified atom stereocenters. The normalized spacial score (nSPS) is 22.4. The smallest absolute Gasteiger partial charge is 0.324 e. The second-order valence-electron chi connectivity index (χ2n) is 4.62. The predicted molar refractivity (Wildman–Crippen MR) is 73.1 cm³/mol. The molecule has 1 aromatic rings. The zero-order valence-electron chi connectivity index (χ0n) is 11.2. The maximum absolute atomic E-state index is 11.6. The van der Waals surface area contributed by atoms with Crippen molar-refractivity contribution in [3.63, 3.8) is 0 Å². The van der Waals surface area contributed by atoms with Crippen LogP contribution in [0.15, 0.2) is 18.2 Å². The standard InChI is InChI=1S/C12H14ClNO5S/c1-12(7-11(15)14(12)20(13,16)17)9-6-8(18-2)4-5-10(9)19-3/h4-6H,7H2,1-3H3. The van der Waals surface area contributed by atoms with Crippen LogP contribution in [0.3, 0.4) is 0 Å². The summed E-state index contributed by atoms with van der Waals surface area (Å²) in [4.78, 5) is 11.6. The first-order chi connectivity index (χ1) is 9.24. The Labute approximate surface area is 121 Å². The van der Waals surface area contributed by atoms with Crippen LogP contribution in [0.1, 0.15) is 18.9 Å². The lowest BCUT2D eigenvalue weighted by Crippen LogP contribution is -2.60. The maximum atomic E-state index is 11.6. The molecule has 1 fully saturated rings. The molecule has 1 aliphatic heterocycles. The van der Waals surface area contributed by atoms with E-state index in [0.717, 1.165) is 0 Å². The van der Waals surface area contributed by atoms with Gasteiger partial charge >= 0.3 is 9.24 Å². The second kappa shape index (κ2) is 4.82. The van der Waals surface area contributed by atoms with Gasteiger partial charge in [0, 0.05) is 16.2 Å². The van der Waals surface area contributed by atoms with Gasteiger partial charge < -0.3 is 9.47 Å². The average Bonchev–Trinajstić information content (AvgIpc) is 2.34. The van der Waals surface area contributed by atoms with E-state index in [0.29, 0.717) is 21.4 Å². The Balaban J connectivity index is 2.58. The first-order valence-corrected chi connectivity index (χ1v) is 8.01. The summed E-state index contributed by atoms with van der Waals surface area (Å²) >= 11 is 0. The molecule has 2 rings (SSSR count). The summed E-state index contributed by atoms with van der Waals surface area (Å²) in [5, 5.41) is 0. The number of β-lactam (4-membered cyclic amide) rings is 1. The van der Waals surface area contributed by atoms with Crippen molar-refractivity contribution < 1.29 is 22.7 Å². The summed E-state index contributed by atoms with van der Waals surface area (Å²) in [6, 6.07) is 4.98. The minimum atomic E-state index is -4.16. The largest absolute Gasteiger partial charge is 0.497 e. The number of methoxy groups -OCH3 is 2. The van der Waals surface area contributed by atoms with Crippen molar-refractivity contribution in [1.29, 1.82) is 0 Å². The van der Waals surface area contributed by atoms with Crippen molar-refractivity contribution in [2.75, 3.05) is 14.2 Å². The molecule has 1 atom stereocenters. The molecule has 1 aromatic carbocycles. The van der Waals surface area contributed by atoms with Gasteiger partial charge in [-0.1, -0.05) is 0 Å². The molecule has 1 amide bonds. The van der Waals surface area contributed by atoms with E-state index in [2.05, 4.69) is 0 Å². The van der Waals surface area contributed by atoms with Crippen molar-refractivity contribution >= 4 is 25.8 Å². The minimum absolute atomic E-state index is 0.0302. The molecule has 6 nitrogen and oxygen atoms in total. The Kier molecular flexibility index (Phi) is 3.60. The molecule has 8 heteroatoms. The second-order valence-corrected chi connectivity index (χ2v) is 6.98. The van der Waals surface area contributed by atoms with Crippen molar-refractivity contribution in [1.82, 2.24) is 4.31 Å².